The van der Waals surface area contributed by atoms with Gasteiger partial charge in [0.15, 0.2) is 0 Å². The molecule has 1 aromatic heterocycles. The van der Waals surface area contributed by atoms with Crippen LogP contribution in [0.2, 0.25) is 0 Å². The minimum absolute atomic E-state index is 0.803. The SMILES string of the molecule is c1csc(CC(Cc2ccc3ccccc3c2)C2CCCC2)c1. The summed E-state index contributed by atoms with van der Waals surface area (Å²) < 4.78 is 0. The number of thiophene rings is 1. The van der Waals surface area contributed by atoms with Gasteiger partial charge in [0.1, 0.15) is 0 Å². The Morgan fingerprint density at radius 3 is 2.48 bits per heavy atom. The van der Waals surface area contributed by atoms with Crippen molar-refractivity contribution in [2.24, 2.45) is 11.8 Å². The topological polar surface area (TPSA) is 0 Å². The Kier molecular flexibility index (Phi) is 4.48. The molecule has 3 aromatic rings. The minimum Gasteiger partial charge on any atom is -0.149 e. The highest BCUT2D eigenvalue weighted by atomic mass is 32.1. The molecule has 1 atom stereocenters. The van der Waals surface area contributed by atoms with Gasteiger partial charge < -0.3 is 0 Å². The highest BCUT2D eigenvalue weighted by Gasteiger charge is 2.25. The van der Waals surface area contributed by atoms with Crippen LogP contribution in [0.5, 0.6) is 0 Å². The van der Waals surface area contributed by atoms with Crippen LogP contribution < -0.4 is 0 Å². The van der Waals surface area contributed by atoms with Crippen LogP contribution in [0.15, 0.2) is 60.0 Å². The summed E-state index contributed by atoms with van der Waals surface area (Å²) in [4.78, 5) is 1.56. The van der Waals surface area contributed by atoms with E-state index in [2.05, 4.69) is 60.0 Å². The van der Waals surface area contributed by atoms with Gasteiger partial charge in [0.25, 0.3) is 0 Å². The summed E-state index contributed by atoms with van der Waals surface area (Å²) in [5, 5.41) is 4.95. The summed E-state index contributed by atoms with van der Waals surface area (Å²) in [7, 11) is 0. The molecule has 0 aliphatic heterocycles. The summed E-state index contributed by atoms with van der Waals surface area (Å²) in [6, 6.07) is 20.3. The van der Waals surface area contributed by atoms with Crippen LogP contribution in [-0.4, -0.2) is 0 Å². The quantitative estimate of drug-likeness (QED) is 0.504. The maximum atomic E-state index is 2.41. The third-order valence-electron chi connectivity index (χ3n) is 5.42. The van der Waals surface area contributed by atoms with Crippen LogP contribution in [0.4, 0.5) is 0 Å². The molecule has 1 heteroatoms. The van der Waals surface area contributed by atoms with E-state index in [9.17, 15) is 0 Å². The molecule has 0 radical (unpaired) electrons. The number of fused-ring (bicyclic) bond motifs is 1. The lowest BCUT2D eigenvalue weighted by Crippen LogP contribution is -2.17. The maximum Gasteiger partial charge on any atom is 0.00481 e. The predicted molar refractivity (Wildman–Crippen MR) is 101 cm³/mol. The van der Waals surface area contributed by atoms with Crippen LogP contribution >= 0.6 is 11.3 Å². The maximum absolute atomic E-state index is 2.41. The molecule has 1 aliphatic carbocycles. The Balaban J connectivity index is 1.57. The summed E-state index contributed by atoms with van der Waals surface area (Å²) in [5.41, 5.74) is 1.51. The normalized spacial score (nSPS) is 16.9. The number of hydrogen-bond donors (Lipinski definition) is 0. The van der Waals surface area contributed by atoms with Crippen LogP contribution in [0.3, 0.4) is 0 Å². The van der Waals surface area contributed by atoms with Crippen molar-refractivity contribution in [3.63, 3.8) is 0 Å². The molecular weight excluding hydrogens is 296 g/mol. The van der Waals surface area contributed by atoms with Gasteiger partial charge in [-0.25, -0.2) is 0 Å². The fourth-order valence-electron chi connectivity index (χ4n) is 4.19. The molecule has 0 nitrogen and oxygen atoms in total. The second kappa shape index (κ2) is 6.88. The fraction of sp³-hybridized carbons (Fsp3) is 0.364. The Labute approximate surface area is 143 Å². The van der Waals surface area contributed by atoms with E-state index in [1.165, 1.54) is 54.9 Å². The monoisotopic (exact) mass is 320 g/mol. The first-order valence-corrected chi connectivity index (χ1v) is 9.76. The van der Waals surface area contributed by atoms with Crippen LogP contribution in [0.25, 0.3) is 10.8 Å². The third-order valence-corrected chi connectivity index (χ3v) is 6.32. The molecule has 118 valence electrons. The zero-order valence-electron chi connectivity index (χ0n) is 13.6. The lowest BCUT2D eigenvalue weighted by molar-refractivity contribution is 0.336. The van der Waals surface area contributed by atoms with E-state index < -0.39 is 0 Å². The molecule has 1 saturated carbocycles. The van der Waals surface area contributed by atoms with E-state index in [1.54, 1.807) is 4.88 Å². The Morgan fingerprint density at radius 2 is 1.70 bits per heavy atom. The number of rotatable bonds is 5. The second-order valence-corrected chi connectivity index (χ2v) is 8.01. The first-order valence-electron chi connectivity index (χ1n) is 8.88. The van der Waals surface area contributed by atoms with Crippen molar-refractivity contribution in [2.45, 2.75) is 38.5 Å². The van der Waals surface area contributed by atoms with Crippen molar-refractivity contribution in [3.8, 4) is 0 Å². The molecule has 0 saturated heterocycles. The van der Waals surface area contributed by atoms with E-state index in [4.69, 9.17) is 0 Å². The van der Waals surface area contributed by atoms with Gasteiger partial charge in [-0.15, -0.1) is 11.3 Å². The Morgan fingerprint density at radius 1 is 0.870 bits per heavy atom. The zero-order valence-corrected chi connectivity index (χ0v) is 14.4. The molecular formula is C22H24S. The van der Waals surface area contributed by atoms with Crippen molar-refractivity contribution in [2.75, 3.05) is 0 Å². The average Bonchev–Trinajstić information content (AvgIpc) is 3.28. The first kappa shape index (κ1) is 15.0. The van der Waals surface area contributed by atoms with Gasteiger partial charge in [0.2, 0.25) is 0 Å². The minimum atomic E-state index is 0.803. The Hall–Kier alpha value is -1.60. The predicted octanol–water partition coefficient (Wildman–Crippen LogP) is 6.49. The molecule has 4 rings (SSSR count). The number of benzene rings is 2. The molecule has 23 heavy (non-hydrogen) atoms. The molecule has 0 N–H and O–H groups in total. The van der Waals surface area contributed by atoms with E-state index >= 15 is 0 Å². The average molecular weight is 321 g/mol. The van der Waals surface area contributed by atoms with Crippen LogP contribution in [-0.2, 0) is 12.8 Å². The van der Waals surface area contributed by atoms with Gasteiger partial charge in [-0.2, -0.15) is 0 Å². The third kappa shape index (κ3) is 3.50. The van der Waals surface area contributed by atoms with Crippen LogP contribution in [0, 0.1) is 11.8 Å². The van der Waals surface area contributed by atoms with Crippen molar-refractivity contribution >= 4 is 22.1 Å². The highest BCUT2D eigenvalue weighted by molar-refractivity contribution is 7.09. The van der Waals surface area contributed by atoms with Gasteiger partial charge >= 0.3 is 0 Å². The Bertz CT molecular complexity index is 751. The summed E-state index contributed by atoms with van der Waals surface area (Å²) in [6.45, 7) is 0. The fourth-order valence-corrected chi connectivity index (χ4v) is 4.99. The van der Waals surface area contributed by atoms with E-state index in [-0.39, 0.29) is 0 Å². The summed E-state index contributed by atoms with van der Waals surface area (Å²) >= 11 is 1.92. The van der Waals surface area contributed by atoms with Gasteiger partial charge in [0, 0.05) is 4.88 Å². The van der Waals surface area contributed by atoms with Gasteiger partial charge in [0.05, 0.1) is 0 Å². The lowest BCUT2D eigenvalue weighted by atomic mass is 9.82. The summed E-state index contributed by atoms with van der Waals surface area (Å²) in [6.07, 6.45) is 8.22. The highest BCUT2D eigenvalue weighted by Crippen LogP contribution is 2.36. The smallest absolute Gasteiger partial charge is 0.00481 e. The zero-order chi connectivity index (χ0) is 15.5. The summed E-state index contributed by atoms with van der Waals surface area (Å²) in [5.74, 6) is 1.72. The van der Waals surface area contributed by atoms with Gasteiger partial charge in [-0.1, -0.05) is 74.2 Å². The van der Waals surface area contributed by atoms with Crippen LogP contribution in [0.1, 0.15) is 36.1 Å². The first-order chi connectivity index (χ1) is 11.4. The van der Waals surface area contributed by atoms with Crippen molar-refractivity contribution in [1.82, 2.24) is 0 Å². The standard InChI is InChI=1S/C22H24S/c1-2-7-18(6-1)21(16-22-10-5-13-23-22)15-17-11-12-19-8-3-4-9-20(19)14-17/h3-5,8-14,18,21H,1-2,6-7,15-16H2. The molecule has 1 fully saturated rings. The molecule has 0 bridgehead atoms. The molecule has 0 spiro atoms. The molecule has 1 aliphatic rings. The molecule has 1 unspecified atom stereocenters. The van der Waals surface area contributed by atoms with Crippen molar-refractivity contribution in [1.29, 1.82) is 0 Å². The van der Waals surface area contributed by atoms with Crippen molar-refractivity contribution in [3.05, 3.63) is 70.4 Å². The lowest BCUT2D eigenvalue weighted by Gasteiger charge is -2.23. The van der Waals surface area contributed by atoms with Gasteiger partial charge in [-0.3, -0.25) is 0 Å². The molecule has 0 amide bonds. The van der Waals surface area contributed by atoms with E-state index in [1.807, 2.05) is 11.3 Å². The van der Waals surface area contributed by atoms with Crippen molar-refractivity contribution < 1.29 is 0 Å². The molecule has 1 heterocycles. The second-order valence-electron chi connectivity index (χ2n) is 6.97. The van der Waals surface area contributed by atoms with E-state index in [0.717, 1.165) is 11.8 Å². The molecule has 2 aromatic carbocycles. The largest absolute Gasteiger partial charge is 0.149 e. The van der Waals surface area contributed by atoms with Gasteiger partial charge in [-0.05, 0) is 52.5 Å². The van der Waals surface area contributed by atoms with E-state index in [0.29, 0.717) is 0 Å². The number of hydrogen-bond acceptors (Lipinski definition) is 1.